The van der Waals surface area contributed by atoms with Gasteiger partial charge in [0.15, 0.2) is 6.23 Å². The molecule has 1 fully saturated rings. The van der Waals surface area contributed by atoms with E-state index < -0.39 is 29.0 Å². The van der Waals surface area contributed by atoms with E-state index in [-0.39, 0.29) is 12.4 Å². The number of nitrogens with two attached hydrogens (primary N) is 1. The molecular weight excluding hydrogens is 294 g/mol. The lowest BCUT2D eigenvalue weighted by Gasteiger charge is -2.16. The van der Waals surface area contributed by atoms with Crippen LogP contribution in [0.15, 0.2) is 17.1 Å². The largest absolute Gasteiger partial charge is 0.394 e. The fraction of sp³-hybridized carbons (Fsp3) is 0.556. The number of ether oxygens (including phenoxy) is 1. The van der Waals surface area contributed by atoms with Crippen LogP contribution in [0.1, 0.15) is 6.23 Å². The zero-order valence-corrected chi connectivity index (χ0v) is 10.3. The first kappa shape index (κ1) is 12.5. The van der Waals surface area contributed by atoms with Gasteiger partial charge in [-0.1, -0.05) is 15.9 Å². The molecule has 17 heavy (non-hydrogen) atoms. The van der Waals surface area contributed by atoms with E-state index in [1.54, 1.807) is 0 Å². The lowest BCUT2D eigenvalue weighted by atomic mass is 10.2. The van der Waals surface area contributed by atoms with Crippen molar-refractivity contribution in [2.75, 3.05) is 12.3 Å². The van der Waals surface area contributed by atoms with Crippen LogP contribution in [0.2, 0.25) is 0 Å². The summed E-state index contributed by atoms with van der Waals surface area (Å²) in [5, 5.41) is 18.9. The van der Waals surface area contributed by atoms with Crippen LogP contribution >= 0.6 is 15.9 Å². The van der Waals surface area contributed by atoms with Crippen molar-refractivity contribution in [1.82, 2.24) is 9.55 Å². The van der Waals surface area contributed by atoms with Gasteiger partial charge in [-0.3, -0.25) is 4.57 Å². The number of aromatic nitrogens is 2. The Balaban J connectivity index is 2.32. The van der Waals surface area contributed by atoms with Crippen LogP contribution in [-0.2, 0) is 4.74 Å². The molecule has 4 atom stereocenters. The van der Waals surface area contributed by atoms with Crippen molar-refractivity contribution in [3.8, 4) is 0 Å². The molecular formula is C9H12BrN3O4. The van der Waals surface area contributed by atoms with Gasteiger partial charge in [-0.05, 0) is 6.07 Å². The summed E-state index contributed by atoms with van der Waals surface area (Å²) in [6.45, 7) is -0.249. The van der Waals surface area contributed by atoms with Gasteiger partial charge >= 0.3 is 5.69 Å². The second kappa shape index (κ2) is 4.73. The van der Waals surface area contributed by atoms with Crippen LogP contribution < -0.4 is 11.4 Å². The molecule has 4 N–H and O–H groups in total. The van der Waals surface area contributed by atoms with E-state index in [1.165, 1.54) is 12.3 Å². The summed E-state index contributed by atoms with van der Waals surface area (Å²) >= 11 is 3.21. The summed E-state index contributed by atoms with van der Waals surface area (Å²) < 4.78 is 6.52. The van der Waals surface area contributed by atoms with Crippen LogP contribution in [-0.4, -0.2) is 43.4 Å². The van der Waals surface area contributed by atoms with Crippen LogP contribution in [0.4, 0.5) is 5.82 Å². The molecule has 1 aromatic rings. The van der Waals surface area contributed by atoms with E-state index in [0.29, 0.717) is 0 Å². The Morgan fingerprint density at radius 3 is 2.88 bits per heavy atom. The van der Waals surface area contributed by atoms with Gasteiger partial charge in [-0.15, -0.1) is 0 Å². The number of hydrogen-bond donors (Lipinski definition) is 3. The quantitative estimate of drug-likeness (QED) is 0.594. The third-order valence-corrected chi connectivity index (χ3v) is 3.72. The van der Waals surface area contributed by atoms with Gasteiger partial charge in [0, 0.05) is 6.20 Å². The number of alkyl halides is 1. The van der Waals surface area contributed by atoms with Crippen molar-refractivity contribution in [2.24, 2.45) is 0 Å². The smallest absolute Gasteiger partial charge is 0.351 e. The van der Waals surface area contributed by atoms with Gasteiger partial charge < -0.3 is 20.7 Å². The van der Waals surface area contributed by atoms with Crippen LogP contribution in [0.25, 0.3) is 0 Å². The van der Waals surface area contributed by atoms with Crippen molar-refractivity contribution in [3.63, 3.8) is 0 Å². The summed E-state index contributed by atoms with van der Waals surface area (Å²) in [6.07, 6.45) is -0.996. The Labute approximate surface area is 105 Å². The molecule has 0 saturated carbocycles. The molecule has 0 aliphatic carbocycles. The third-order valence-electron chi connectivity index (χ3n) is 2.59. The van der Waals surface area contributed by atoms with Gasteiger partial charge in [0.2, 0.25) is 0 Å². The van der Waals surface area contributed by atoms with E-state index in [9.17, 15) is 9.90 Å². The average molecular weight is 306 g/mol. The Hall–Kier alpha value is -0.960. The number of hydrogen-bond acceptors (Lipinski definition) is 6. The minimum absolute atomic E-state index is 0.104. The molecule has 1 aliphatic rings. The number of anilines is 1. The summed E-state index contributed by atoms with van der Waals surface area (Å²) in [5.74, 6) is 0.104. The number of halogens is 1. The lowest BCUT2D eigenvalue weighted by Crippen LogP contribution is -2.33. The molecule has 1 aromatic heterocycles. The molecule has 0 radical (unpaired) electrons. The fourth-order valence-electron chi connectivity index (χ4n) is 1.71. The normalized spacial score (nSPS) is 32.9. The number of nitrogens with zero attached hydrogens (tertiary/aromatic N) is 2. The van der Waals surface area contributed by atoms with E-state index in [2.05, 4.69) is 20.9 Å². The molecule has 1 saturated heterocycles. The first-order valence-electron chi connectivity index (χ1n) is 4.97. The molecule has 0 unspecified atom stereocenters. The van der Waals surface area contributed by atoms with Crippen molar-refractivity contribution in [2.45, 2.75) is 23.3 Å². The summed E-state index contributed by atoms with van der Waals surface area (Å²) in [6, 6.07) is 1.44. The van der Waals surface area contributed by atoms with Crippen LogP contribution in [0.3, 0.4) is 0 Å². The van der Waals surface area contributed by atoms with Gasteiger partial charge in [0.1, 0.15) is 11.9 Å². The van der Waals surface area contributed by atoms with Crippen molar-refractivity contribution >= 4 is 21.7 Å². The molecule has 8 heteroatoms. The molecule has 7 nitrogen and oxygen atoms in total. The molecule has 0 aromatic carbocycles. The molecule has 2 heterocycles. The van der Waals surface area contributed by atoms with Gasteiger partial charge in [0.05, 0.1) is 17.5 Å². The maximum absolute atomic E-state index is 11.6. The number of aliphatic hydroxyl groups is 2. The Bertz CT molecular complexity index is 466. The minimum Gasteiger partial charge on any atom is -0.394 e. The van der Waals surface area contributed by atoms with Gasteiger partial charge in [-0.25, -0.2) is 4.79 Å². The Kier molecular flexibility index (Phi) is 3.48. The highest BCUT2D eigenvalue weighted by Crippen LogP contribution is 2.32. The summed E-state index contributed by atoms with van der Waals surface area (Å²) in [7, 11) is 0. The van der Waals surface area contributed by atoms with Gasteiger partial charge in [-0.2, -0.15) is 4.98 Å². The maximum Gasteiger partial charge on any atom is 0.351 e. The third kappa shape index (κ3) is 2.21. The Morgan fingerprint density at radius 1 is 1.65 bits per heavy atom. The van der Waals surface area contributed by atoms with Crippen molar-refractivity contribution in [3.05, 3.63) is 22.7 Å². The van der Waals surface area contributed by atoms with E-state index in [1.807, 2.05) is 0 Å². The number of aliphatic hydroxyl groups excluding tert-OH is 2. The molecule has 0 amide bonds. The lowest BCUT2D eigenvalue weighted by molar-refractivity contribution is -0.0529. The second-order valence-corrected chi connectivity index (χ2v) is 4.78. The summed E-state index contributed by atoms with van der Waals surface area (Å²) in [5.41, 5.74) is 4.76. The Morgan fingerprint density at radius 2 is 2.35 bits per heavy atom. The topological polar surface area (TPSA) is 111 Å². The van der Waals surface area contributed by atoms with E-state index >= 15 is 0 Å². The first-order chi connectivity index (χ1) is 8.04. The predicted molar refractivity (Wildman–Crippen MR) is 62.6 cm³/mol. The highest BCUT2D eigenvalue weighted by atomic mass is 79.9. The maximum atomic E-state index is 11.6. The molecule has 0 spiro atoms. The highest BCUT2D eigenvalue weighted by molar-refractivity contribution is 9.09. The number of nitrogen functional groups attached to an aromatic ring is 1. The molecule has 1 aliphatic heterocycles. The standard InChI is InChI=1S/C9H12BrN3O4/c10-6-4(3-14)17-8(7(6)15)13-2-1-5(11)12-9(13)16/h1-2,4,6-8,14-15H,3H2,(H2,11,12,16)/t4-,6+,7-,8-/m1/s1. The predicted octanol–water partition coefficient (Wildman–Crippen LogP) is -1.16. The first-order valence-corrected chi connectivity index (χ1v) is 5.89. The van der Waals surface area contributed by atoms with Crippen molar-refractivity contribution < 1.29 is 14.9 Å². The zero-order valence-electron chi connectivity index (χ0n) is 8.73. The monoisotopic (exact) mass is 305 g/mol. The van der Waals surface area contributed by atoms with Crippen LogP contribution in [0.5, 0.6) is 0 Å². The van der Waals surface area contributed by atoms with Crippen LogP contribution in [0, 0.1) is 0 Å². The fourth-order valence-corrected chi connectivity index (χ4v) is 2.26. The molecule has 94 valence electrons. The molecule has 2 rings (SSSR count). The average Bonchev–Trinajstić information content (AvgIpc) is 2.57. The zero-order chi connectivity index (χ0) is 12.6. The number of rotatable bonds is 2. The van der Waals surface area contributed by atoms with Gasteiger partial charge in [0.25, 0.3) is 0 Å². The van der Waals surface area contributed by atoms with Crippen molar-refractivity contribution in [1.29, 1.82) is 0 Å². The van der Waals surface area contributed by atoms with E-state index in [0.717, 1.165) is 4.57 Å². The second-order valence-electron chi connectivity index (χ2n) is 3.72. The molecule has 0 bridgehead atoms. The highest BCUT2D eigenvalue weighted by Gasteiger charge is 2.43. The minimum atomic E-state index is -0.949. The SMILES string of the molecule is Nc1ccn([C@@H]2O[C@H](CO)[C@H](Br)[C@H]2O)c(=O)n1. The van der Waals surface area contributed by atoms with E-state index in [4.69, 9.17) is 15.6 Å². The summed E-state index contributed by atoms with van der Waals surface area (Å²) in [4.78, 5) is 14.7.